The van der Waals surface area contributed by atoms with Crippen molar-refractivity contribution in [3.63, 3.8) is 0 Å². The fourth-order valence-electron chi connectivity index (χ4n) is 3.16. The Morgan fingerprint density at radius 3 is 2.56 bits per heavy atom. The van der Waals surface area contributed by atoms with E-state index < -0.39 is 0 Å². The summed E-state index contributed by atoms with van der Waals surface area (Å²) in [5, 5.41) is 2.86. The van der Waals surface area contributed by atoms with Crippen LogP contribution in [0.15, 0.2) is 53.6 Å². The Labute approximate surface area is 165 Å². The first-order valence-corrected chi connectivity index (χ1v) is 10.2. The Morgan fingerprint density at radius 2 is 1.93 bits per heavy atom. The molecule has 1 N–H and O–H groups in total. The number of hydrogen-bond donors (Lipinski definition) is 1. The number of morpholine rings is 1. The molecular weight excluding hydrogens is 358 g/mol. The van der Waals surface area contributed by atoms with Crippen molar-refractivity contribution in [2.75, 3.05) is 18.0 Å². The van der Waals surface area contributed by atoms with Crippen LogP contribution in [0.2, 0.25) is 0 Å². The smallest absolute Gasteiger partial charge is 0.233 e. The molecule has 3 rings (SSSR count). The third kappa shape index (κ3) is 5.71. The maximum absolute atomic E-state index is 12.3. The van der Waals surface area contributed by atoms with Gasteiger partial charge in [-0.25, -0.2) is 4.98 Å². The highest BCUT2D eigenvalue weighted by molar-refractivity contribution is 8.00. The van der Waals surface area contributed by atoms with Gasteiger partial charge >= 0.3 is 0 Å². The first-order valence-electron chi connectivity index (χ1n) is 9.36. The number of nitrogens with zero attached hydrogens (tertiary/aromatic N) is 2. The molecule has 5 nitrogen and oxygen atoms in total. The van der Waals surface area contributed by atoms with Crippen molar-refractivity contribution in [2.24, 2.45) is 0 Å². The van der Waals surface area contributed by atoms with E-state index in [1.165, 1.54) is 0 Å². The average molecular weight is 386 g/mol. The fraction of sp³-hybridized carbons (Fsp3) is 0.429. The number of thioether (sulfide) groups is 1. The summed E-state index contributed by atoms with van der Waals surface area (Å²) in [6.07, 6.45) is 2.26. The van der Waals surface area contributed by atoms with Gasteiger partial charge in [0, 0.05) is 30.7 Å². The zero-order valence-electron chi connectivity index (χ0n) is 16.1. The van der Waals surface area contributed by atoms with E-state index in [0.717, 1.165) is 29.4 Å². The van der Waals surface area contributed by atoms with Gasteiger partial charge < -0.3 is 15.0 Å². The summed E-state index contributed by atoms with van der Waals surface area (Å²) >= 11 is 1.56. The Morgan fingerprint density at radius 1 is 1.22 bits per heavy atom. The molecule has 1 amide bonds. The van der Waals surface area contributed by atoms with E-state index in [1.54, 1.807) is 11.8 Å². The lowest BCUT2D eigenvalue weighted by atomic mass is 10.2. The van der Waals surface area contributed by atoms with Gasteiger partial charge in [0.2, 0.25) is 5.91 Å². The van der Waals surface area contributed by atoms with Crippen LogP contribution in [0.1, 0.15) is 26.3 Å². The molecule has 1 fully saturated rings. The van der Waals surface area contributed by atoms with E-state index >= 15 is 0 Å². The molecule has 1 aliphatic rings. The fourth-order valence-corrected chi connectivity index (χ4v) is 4.08. The lowest BCUT2D eigenvalue weighted by molar-refractivity contribution is -0.120. The van der Waals surface area contributed by atoms with Crippen molar-refractivity contribution in [3.05, 3.63) is 54.2 Å². The number of carbonyl (C=O) groups is 1. The van der Waals surface area contributed by atoms with Gasteiger partial charge in [-0.1, -0.05) is 24.3 Å². The van der Waals surface area contributed by atoms with Crippen molar-refractivity contribution in [1.29, 1.82) is 0 Å². The third-order valence-corrected chi connectivity index (χ3v) is 5.56. The van der Waals surface area contributed by atoms with E-state index in [0.29, 0.717) is 6.54 Å². The molecule has 0 bridgehead atoms. The van der Waals surface area contributed by atoms with E-state index in [2.05, 4.69) is 29.0 Å². The Balaban J connectivity index is 1.50. The number of benzene rings is 1. The molecule has 6 heteroatoms. The highest BCUT2D eigenvalue weighted by Gasteiger charge is 2.23. The molecule has 0 saturated carbocycles. The van der Waals surface area contributed by atoms with Gasteiger partial charge in [0.05, 0.1) is 17.5 Å². The molecule has 1 aliphatic heterocycles. The summed E-state index contributed by atoms with van der Waals surface area (Å²) < 4.78 is 5.77. The SMILES string of the molecule is CC1CN(c2ccc(CNC(=O)C(C)Sc3ccccc3)cn2)CC(C)O1. The van der Waals surface area contributed by atoms with Gasteiger partial charge in [0.25, 0.3) is 0 Å². The number of ether oxygens (including phenoxy) is 1. The lowest BCUT2D eigenvalue weighted by Crippen LogP contribution is -2.45. The summed E-state index contributed by atoms with van der Waals surface area (Å²) in [6.45, 7) is 8.28. The highest BCUT2D eigenvalue weighted by Crippen LogP contribution is 2.23. The molecule has 1 aromatic carbocycles. The molecule has 3 unspecified atom stereocenters. The van der Waals surface area contributed by atoms with E-state index in [1.807, 2.05) is 55.6 Å². The minimum Gasteiger partial charge on any atom is -0.372 e. The molecule has 144 valence electrons. The number of aromatic nitrogens is 1. The Hall–Kier alpha value is -2.05. The third-order valence-electron chi connectivity index (χ3n) is 4.44. The van der Waals surface area contributed by atoms with Gasteiger partial charge in [-0.2, -0.15) is 0 Å². The predicted molar refractivity (Wildman–Crippen MR) is 110 cm³/mol. The van der Waals surface area contributed by atoms with Crippen LogP contribution < -0.4 is 10.2 Å². The molecule has 3 atom stereocenters. The lowest BCUT2D eigenvalue weighted by Gasteiger charge is -2.36. The largest absolute Gasteiger partial charge is 0.372 e. The van der Waals surface area contributed by atoms with E-state index in [-0.39, 0.29) is 23.4 Å². The molecule has 27 heavy (non-hydrogen) atoms. The first kappa shape index (κ1) is 19.7. The number of hydrogen-bond acceptors (Lipinski definition) is 5. The second kappa shape index (κ2) is 9.24. The molecule has 1 saturated heterocycles. The summed E-state index contributed by atoms with van der Waals surface area (Å²) in [4.78, 5) is 20.3. The number of pyridine rings is 1. The normalized spacial score (nSPS) is 20.9. The molecule has 0 radical (unpaired) electrons. The monoisotopic (exact) mass is 385 g/mol. The van der Waals surface area contributed by atoms with Gasteiger partial charge in [-0.3, -0.25) is 4.79 Å². The van der Waals surface area contributed by atoms with Crippen molar-refractivity contribution in [3.8, 4) is 0 Å². The topological polar surface area (TPSA) is 54.5 Å². The zero-order chi connectivity index (χ0) is 19.2. The molecular formula is C21H27N3O2S. The van der Waals surface area contributed by atoms with Crippen molar-refractivity contribution in [1.82, 2.24) is 10.3 Å². The van der Waals surface area contributed by atoms with E-state index in [4.69, 9.17) is 4.74 Å². The number of rotatable bonds is 6. The van der Waals surface area contributed by atoms with Crippen LogP contribution in [0.5, 0.6) is 0 Å². The van der Waals surface area contributed by atoms with Crippen molar-refractivity contribution < 1.29 is 9.53 Å². The summed E-state index contributed by atoms with van der Waals surface area (Å²) in [7, 11) is 0. The summed E-state index contributed by atoms with van der Waals surface area (Å²) in [5.41, 5.74) is 0.998. The van der Waals surface area contributed by atoms with Crippen LogP contribution in [-0.4, -0.2) is 41.4 Å². The van der Waals surface area contributed by atoms with Gasteiger partial charge in [0.1, 0.15) is 5.82 Å². The Bertz CT molecular complexity index is 729. The molecule has 2 heterocycles. The second-order valence-electron chi connectivity index (χ2n) is 6.98. The maximum Gasteiger partial charge on any atom is 0.233 e. The number of nitrogens with one attached hydrogen (secondary N) is 1. The van der Waals surface area contributed by atoms with Gasteiger partial charge in [0.15, 0.2) is 0 Å². The highest BCUT2D eigenvalue weighted by atomic mass is 32.2. The summed E-state index contributed by atoms with van der Waals surface area (Å²) in [6, 6.07) is 14.0. The summed E-state index contributed by atoms with van der Waals surface area (Å²) in [5.74, 6) is 0.990. The van der Waals surface area contributed by atoms with Crippen molar-refractivity contribution in [2.45, 2.75) is 49.7 Å². The van der Waals surface area contributed by atoms with Crippen LogP contribution in [0.4, 0.5) is 5.82 Å². The van der Waals surface area contributed by atoms with Crippen LogP contribution in [0.3, 0.4) is 0 Å². The first-order chi connectivity index (χ1) is 13.0. The number of carbonyl (C=O) groups excluding carboxylic acids is 1. The van der Waals surface area contributed by atoms with E-state index in [9.17, 15) is 4.79 Å². The average Bonchev–Trinajstić information content (AvgIpc) is 2.66. The van der Waals surface area contributed by atoms with Crippen LogP contribution >= 0.6 is 11.8 Å². The molecule has 0 aliphatic carbocycles. The predicted octanol–water partition coefficient (Wildman–Crippen LogP) is 3.49. The zero-order valence-corrected chi connectivity index (χ0v) is 16.9. The van der Waals surface area contributed by atoms with Crippen LogP contribution in [0, 0.1) is 0 Å². The minimum atomic E-state index is -0.143. The number of amides is 1. The van der Waals surface area contributed by atoms with Gasteiger partial charge in [-0.15, -0.1) is 11.8 Å². The second-order valence-corrected chi connectivity index (χ2v) is 8.39. The Kier molecular flexibility index (Phi) is 6.74. The molecule has 0 spiro atoms. The van der Waals surface area contributed by atoms with Crippen LogP contribution in [-0.2, 0) is 16.1 Å². The molecule has 1 aromatic heterocycles. The maximum atomic E-state index is 12.3. The quantitative estimate of drug-likeness (QED) is 0.772. The number of anilines is 1. The van der Waals surface area contributed by atoms with Crippen LogP contribution in [0.25, 0.3) is 0 Å². The van der Waals surface area contributed by atoms with Crippen molar-refractivity contribution >= 4 is 23.5 Å². The minimum absolute atomic E-state index is 0.0313. The van der Waals surface area contributed by atoms with Gasteiger partial charge in [-0.05, 0) is 44.5 Å². The standard InChI is InChI=1S/C21H27N3O2S/c1-15-13-24(14-16(2)26-15)20-10-9-18(11-22-20)12-23-21(25)17(3)27-19-7-5-4-6-8-19/h4-11,15-17H,12-14H2,1-3H3,(H,23,25). The molecule has 2 aromatic rings.